The fourth-order valence-corrected chi connectivity index (χ4v) is 2.66. The highest BCUT2D eigenvalue weighted by Gasteiger charge is 2.16. The molecule has 0 aliphatic heterocycles. The topological polar surface area (TPSA) is 65.7 Å². The number of halogens is 3. The van der Waals surface area contributed by atoms with Gasteiger partial charge in [-0.2, -0.15) is 0 Å². The number of hydrogen-bond donors (Lipinski definition) is 2. The van der Waals surface area contributed by atoms with E-state index in [1.807, 2.05) is 0 Å². The number of fused-ring (bicyclic) bond motifs is 1. The predicted octanol–water partition coefficient (Wildman–Crippen LogP) is 3.64. The summed E-state index contributed by atoms with van der Waals surface area (Å²) in [5.74, 6) is -1.03. The van der Waals surface area contributed by atoms with Gasteiger partial charge in [0.05, 0.1) is 16.1 Å². The van der Waals surface area contributed by atoms with E-state index in [9.17, 15) is 14.0 Å². The predicted molar refractivity (Wildman–Crippen MR) is 81.5 cm³/mol. The summed E-state index contributed by atoms with van der Waals surface area (Å²) in [4.78, 5) is 28.9. The van der Waals surface area contributed by atoms with Crippen molar-refractivity contribution in [3.63, 3.8) is 0 Å². The first-order valence-corrected chi connectivity index (χ1v) is 7.04. The van der Waals surface area contributed by atoms with Crippen LogP contribution in [0.5, 0.6) is 0 Å². The number of aromatic amines is 2. The van der Waals surface area contributed by atoms with Crippen LogP contribution in [0.15, 0.2) is 39.6 Å². The molecule has 0 radical (unpaired) electrons. The summed E-state index contributed by atoms with van der Waals surface area (Å²) in [6.45, 7) is 0. The van der Waals surface area contributed by atoms with E-state index in [1.165, 1.54) is 18.2 Å². The van der Waals surface area contributed by atoms with Crippen molar-refractivity contribution < 1.29 is 9.18 Å². The first-order valence-electron chi connectivity index (χ1n) is 5.87. The first-order chi connectivity index (χ1) is 9.95. The van der Waals surface area contributed by atoms with Crippen molar-refractivity contribution in [1.29, 1.82) is 0 Å². The molecule has 2 aromatic carbocycles. The summed E-state index contributed by atoms with van der Waals surface area (Å²) >= 11 is 8.89. The van der Waals surface area contributed by atoms with E-state index in [0.29, 0.717) is 21.1 Å². The third-order valence-electron chi connectivity index (χ3n) is 3.03. The van der Waals surface area contributed by atoms with Crippen LogP contribution in [0.25, 0.3) is 11.0 Å². The molecular weight excluding hydrogens is 363 g/mol. The molecular formula is C14H7BrClFN2O2. The van der Waals surface area contributed by atoms with Gasteiger partial charge >= 0.3 is 5.69 Å². The molecule has 0 atom stereocenters. The van der Waals surface area contributed by atoms with Crippen molar-refractivity contribution in [3.8, 4) is 0 Å². The van der Waals surface area contributed by atoms with Crippen molar-refractivity contribution >= 4 is 44.3 Å². The Morgan fingerprint density at radius 2 is 1.81 bits per heavy atom. The molecule has 0 aliphatic carbocycles. The highest BCUT2D eigenvalue weighted by atomic mass is 79.9. The molecule has 7 heteroatoms. The third kappa shape index (κ3) is 2.52. The Bertz CT molecular complexity index is 932. The van der Waals surface area contributed by atoms with Gasteiger partial charge in [0.15, 0.2) is 5.78 Å². The number of nitrogens with one attached hydrogen (secondary N) is 2. The quantitative estimate of drug-likeness (QED) is 0.677. The second-order valence-corrected chi connectivity index (χ2v) is 5.68. The van der Waals surface area contributed by atoms with Gasteiger partial charge in [0.1, 0.15) is 5.82 Å². The monoisotopic (exact) mass is 368 g/mol. The Morgan fingerprint density at radius 1 is 1.14 bits per heavy atom. The molecule has 1 aromatic heterocycles. The van der Waals surface area contributed by atoms with Crippen molar-refractivity contribution in [2.75, 3.05) is 0 Å². The summed E-state index contributed by atoms with van der Waals surface area (Å²) in [6.07, 6.45) is 0. The zero-order chi connectivity index (χ0) is 15.1. The van der Waals surface area contributed by atoms with Crippen LogP contribution < -0.4 is 5.69 Å². The number of rotatable bonds is 2. The molecule has 0 fully saturated rings. The zero-order valence-corrected chi connectivity index (χ0v) is 12.7. The Kier molecular flexibility index (Phi) is 3.43. The van der Waals surface area contributed by atoms with Crippen LogP contribution in [-0.4, -0.2) is 15.8 Å². The van der Waals surface area contributed by atoms with Crippen LogP contribution >= 0.6 is 27.5 Å². The van der Waals surface area contributed by atoms with Gasteiger partial charge in [0.2, 0.25) is 0 Å². The van der Waals surface area contributed by atoms with E-state index in [0.717, 1.165) is 6.07 Å². The highest BCUT2D eigenvalue weighted by Crippen LogP contribution is 2.25. The smallest absolute Gasteiger partial charge is 0.306 e. The Balaban J connectivity index is 2.14. The molecule has 0 saturated carbocycles. The van der Waals surface area contributed by atoms with Gasteiger partial charge in [-0.1, -0.05) is 11.6 Å². The number of carbonyl (C=O) groups excluding carboxylic acids is 1. The lowest BCUT2D eigenvalue weighted by atomic mass is 10.0. The van der Waals surface area contributed by atoms with Gasteiger partial charge in [0, 0.05) is 15.6 Å². The number of hydrogen-bond acceptors (Lipinski definition) is 2. The Labute approximate surface area is 131 Å². The maximum Gasteiger partial charge on any atom is 0.323 e. The molecule has 4 nitrogen and oxygen atoms in total. The molecule has 0 bridgehead atoms. The number of carbonyl (C=O) groups is 1. The molecule has 0 unspecified atom stereocenters. The molecule has 2 N–H and O–H groups in total. The number of imidazole rings is 1. The molecule has 106 valence electrons. The van der Waals surface area contributed by atoms with Crippen molar-refractivity contribution in [2.24, 2.45) is 0 Å². The molecule has 0 spiro atoms. The van der Waals surface area contributed by atoms with Crippen LogP contribution in [0.3, 0.4) is 0 Å². The summed E-state index contributed by atoms with van der Waals surface area (Å²) in [5, 5.41) is -0.0453. The summed E-state index contributed by atoms with van der Waals surface area (Å²) in [5.41, 5.74) is 1.21. The van der Waals surface area contributed by atoms with Crippen molar-refractivity contribution in [3.05, 3.63) is 67.3 Å². The molecule has 0 saturated heterocycles. The normalized spacial score (nSPS) is 11.0. The van der Waals surface area contributed by atoms with Crippen LogP contribution in [0, 0.1) is 5.82 Å². The average Bonchev–Trinajstić information content (AvgIpc) is 2.79. The van der Waals surface area contributed by atoms with Gasteiger partial charge < -0.3 is 9.97 Å². The van der Waals surface area contributed by atoms with Crippen LogP contribution in [0.1, 0.15) is 15.9 Å². The van der Waals surface area contributed by atoms with E-state index in [-0.39, 0.29) is 22.1 Å². The number of H-pyrrole nitrogens is 2. The average molecular weight is 370 g/mol. The van der Waals surface area contributed by atoms with Crippen molar-refractivity contribution in [2.45, 2.75) is 0 Å². The summed E-state index contributed by atoms with van der Waals surface area (Å²) < 4.78 is 14.0. The first kappa shape index (κ1) is 14.0. The van der Waals surface area contributed by atoms with E-state index >= 15 is 0 Å². The number of ketones is 1. The van der Waals surface area contributed by atoms with Crippen LogP contribution in [0.4, 0.5) is 4.39 Å². The highest BCUT2D eigenvalue weighted by molar-refractivity contribution is 9.10. The third-order valence-corrected chi connectivity index (χ3v) is 3.99. The molecule has 3 aromatic rings. The second-order valence-electron chi connectivity index (χ2n) is 4.41. The van der Waals surface area contributed by atoms with Crippen LogP contribution in [0.2, 0.25) is 5.02 Å². The van der Waals surface area contributed by atoms with E-state index in [1.54, 1.807) is 6.07 Å². The van der Waals surface area contributed by atoms with Gasteiger partial charge in [-0.05, 0) is 46.3 Å². The minimum absolute atomic E-state index is 0.0453. The van der Waals surface area contributed by atoms with Crippen LogP contribution in [-0.2, 0) is 0 Å². The molecule has 1 heterocycles. The zero-order valence-electron chi connectivity index (χ0n) is 10.3. The standard InChI is InChI=1S/C14H7BrClFN2O2/c15-8-5-12-11(18-14(21)19-12)4-7(8)13(20)6-1-2-9(16)10(17)3-6/h1-5H,(H2,18,19,21). The lowest BCUT2D eigenvalue weighted by Crippen LogP contribution is -2.03. The molecule has 0 amide bonds. The SMILES string of the molecule is O=C(c1ccc(Cl)c(F)c1)c1cc2[nH]c(=O)[nH]c2cc1Br. The van der Waals surface area contributed by atoms with Gasteiger partial charge in [-0.15, -0.1) is 0 Å². The molecule has 3 rings (SSSR count). The van der Waals surface area contributed by atoms with E-state index in [4.69, 9.17) is 11.6 Å². The number of benzene rings is 2. The summed E-state index contributed by atoms with van der Waals surface area (Å²) in [6, 6.07) is 7.01. The lowest BCUT2D eigenvalue weighted by molar-refractivity contribution is 0.103. The fraction of sp³-hybridized carbons (Fsp3) is 0. The second kappa shape index (κ2) is 5.13. The van der Waals surface area contributed by atoms with Gasteiger partial charge in [0.25, 0.3) is 0 Å². The Morgan fingerprint density at radius 3 is 2.48 bits per heavy atom. The minimum atomic E-state index is -0.658. The lowest BCUT2D eigenvalue weighted by Gasteiger charge is -2.05. The van der Waals surface area contributed by atoms with Crippen molar-refractivity contribution in [1.82, 2.24) is 9.97 Å². The maximum absolute atomic E-state index is 13.5. The van der Waals surface area contributed by atoms with Gasteiger partial charge in [-0.25, -0.2) is 9.18 Å². The number of aromatic nitrogens is 2. The Hall–Kier alpha value is -1.92. The van der Waals surface area contributed by atoms with E-state index in [2.05, 4.69) is 25.9 Å². The minimum Gasteiger partial charge on any atom is -0.306 e. The molecule has 21 heavy (non-hydrogen) atoms. The van der Waals surface area contributed by atoms with Gasteiger partial charge in [-0.3, -0.25) is 4.79 Å². The largest absolute Gasteiger partial charge is 0.323 e. The fourth-order valence-electron chi connectivity index (χ4n) is 2.02. The van der Waals surface area contributed by atoms with E-state index < -0.39 is 5.82 Å². The molecule has 0 aliphatic rings. The summed E-state index contributed by atoms with van der Waals surface area (Å²) in [7, 11) is 0. The maximum atomic E-state index is 13.5.